The summed E-state index contributed by atoms with van der Waals surface area (Å²) in [6.07, 6.45) is 9.49. The van der Waals surface area contributed by atoms with Crippen molar-refractivity contribution in [3.05, 3.63) is 12.2 Å². The summed E-state index contributed by atoms with van der Waals surface area (Å²) < 4.78 is 4.62. The van der Waals surface area contributed by atoms with E-state index in [0.29, 0.717) is 19.3 Å². The maximum absolute atomic E-state index is 12.1. The first-order valence-corrected chi connectivity index (χ1v) is 9.61. The van der Waals surface area contributed by atoms with Crippen LogP contribution in [0.2, 0.25) is 0 Å². The van der Waals surface area contributed by atoms with Crippen molar-refractivity contribution in [1.29, 1.82) is 0 Å². The third-order valence-corrected chi connectivity index (χ3v) is 4.85. The van der Waals surface area contributed by atoms with Gasteiger partial charge in [0.2, 0.25) is 5.91 Å². The second kappa shape index (κ2) is 12.5. The van der Waals surface area contributed by atoms with Gasteiger partial charge in [0.05, 0.1) is 19.3 Å². The van der Waals surface area contributed by atoms with E-state index >= 15 is 0 Å². The highest BCUT2D eigenvalue weighted by molar-refractivity contribution is 5.79. The number of esters is 1. The van der Waals surface area contributed by atoms with Crippen molar-refractivity contribution in [1.82, 2.24) is 4.90 Å². The Labute approximate surface area is 157 Å². The topological polar surface area (TPSA) is 66.8 Å². The van der Waals surface area contributed by atoms with E-state index in [9.17, 15) is 14.7 Å². The van der Waals surface area contributed by atoms with Crippen LogP contribution in [0.15, 0.2) is 12.2 Å². The molecule has 1 rings (SSSR count). The molecule has 1 N–H and O–H groups in total. The van der Waals surface area contributed by atoms with Gasteiger partial charge in [-0.05, 0) is 32.1 Å². The number of unbranched alkanes of at least 4 members (excludes halogenated alkanes) is 3. The number of methoxy groups -OCH3 is 1. The molecule has 0 aromatic heterocycles. The summed E-state index contributed by atoms with van der Waals surface area (Å²) in [5.74, 6) is 5.94. The maximum atomic E-state index is 12.1. The van der Waals surface area contributed by atoms with E-state index in [1.54, 1.807) is 6.92 Å². The van der Waals surface area contributed by atoms with Gasteiger partial charge in [-0.3, -0.25) is 9.59 Å². The Morgan fingerprint density at radius 1 is 1.38 bits per heavy atom. The minimum absolute atomic E-state index is 0.0803. The summed E-state index contributed by atoms with van der Waals surface area (Å²) in [5.41, 5.74) is 0. The van der Waals surface area contributed by atoms with Gasteiger partial charge in [0.15, 0.2) is 0 Å². The fourth-order valence-electron chi connectivity index (χ4n) is 3.07. The first-order chi connectivity index (χ1) is 12.5. The maximum Gasteiger partial charge on any atom is 0.305 e. The Bertz CT molecular complexity index is 532. The van der Waals surface area contributed by atoms with Crippen molar-refractivity contribution in [3.63, 3.8) is 0 Å². The zero-order chi connectivity index (χ0) is 19.4. The predicted octanol–water partition coefficient (Wildman–Crippen LogP) is 3.07. The van der Waals surface area contributed by atoms with Gasteiger partial charge in [-0.2, -0.15) is 0 Å². The van der Waals surface area contributed by atoms with Crippen LogP contribution in [-0.4, -0.2) is 47.7 Å². The molecule has 5 heteroatoms. The monoisotopic (exact) mass is 363 g/mol. The number of ether oxygens (including phenoxy) is 1. The summed E-state index contributed by atoms with van der Waals surface area (Å²) in [7, 11) is 1.41. The third kappa shape index (κ3) is 8.05. The first-order valence-electron chi connectivity index (χ1n) is 9.61. The van der Waals surface area contributed by atoms with Crippen molar-refractivity contribution in [2.75, 3.05) is 13.7 Å². The van der Waals surface area contributed by atoms with Crippen LogP contribution in [0.5, 0.6) is 0 Å². The zero-order valence-corrected chi connectivity index (χ0v) is 16.4. The fraction of sp³-hybridized carbons (Fsp3) is 0.714. The van der Waals surface area contributed by atoms with Gasteiger partial charge < -0.3 is 14.7 Å². The van der Waals surface area contributed by atoms with Crippen LogP contribution in [0.4, 0.5) is 0 Å². The van der Waals surface area contributed by atoms with Crippen LogP contribution in [0.3, 0.4) is 0 Å². The molecular weight excluding hydrogens is 330 g/mol. The molecule has 1 saturated heterocycles. The summed E-state index contributed by atoms with van der Waals surface area (Å²) in [6.45, 7) is 4.51. The van der Waals surface area contributed by atoms with Crippen molar-refractivity contribution in [2.24, 2.45) is 5.92 Å². The van der Waals surface area contributed by atoms with Crippen LogP contribution < -0.4 is 0 Å². The lowest BCUT2D eigenvalue weighted by molar-refractivity contribution is -0.140. The number of carbonyl (C=O) groups excluding carboxylic acids is 2. The Morgan fingerprint density at radius 3 is 2.81 bits per heavy atom. The lowest BCUT2D eigenvalue weighted by atomic mass is 10.00. The summed E-state index contributed by atoms with van der Waals surface area (Å²) in [6, 6.07) is 0.0803. The molecule has 0 aliphatic carbocycles. The Kier molecular flexibility index (Phi) is 10.7. The van der Waals surface area contributed by atoms with Crippen LogP contribution in [-0.2, 0) is 14.3 Å². The number of hydrogen-bond acceptors (Lipinski definition) is 4. The molecule has 0 aromatic rings. The van der Waals surface area contributed by atoms with E-state index in [4.69, 9.17) is 0 Å². The van der Waals surface area contributed by atoms with E-state index < -0.39 is 6.10 Å². The van der Waals surface area contributed by atoms with Crippen molar-refractivity contribution in [3.8, 4) is 11.8 Å². The van der Waals surface area contributed by atoms with E-state index in [1.165, 1.54) is 7.11 Å². The molecule has 0 radical (unpaired) electrons. The predicted molar refractivity (Wildman–Crippen MR) is 102 cm³/mol. The smallest absolute Gasteiger partial charge is 0.305 e. The van der Waals surface area contributed by atoms with Gasteiger partial charge in [0, 0.05) is 25.8 Å². The second-order valence-electron chi connectivity index (χ2n) is 6.92. The number of aliphatic hydroxyl groups excluding tert-OH is 1. The molecule has 1 amide bonds. The van der Waals surface area contributed by atoms with Gasteiger partial charge in [0.25, 0.3) is 0 Å². The summed E-state index contributed by atoms with van der Waals surface area (Å²) in [4.78, 5) is 25.1. The Morgan fingerprint density at radius 2 is 2.12 bits per heavy atom. The molecule has 0 spiro atoms. The van der Waals surface area contributed by atoms with Gasteiger partial charge >= 0.3 is 5.97 Å². The van der Waals surface area contributed by atoms with Gasteiger partial charge in [-0.15, -0.1) is 11.8 Å². The highest BCUT2D eigenvalue weighted by Crippen LogP contribution is 2.21. The third-order valence-electron chi connectivity index (χ3n) is 4.85. The Hall–Kier alpha value is -1.80. The van der Waals surface area contributed by atoms with Crippen molar-refractivity contribution < 1.29 is 19.4 Å². The average molecular weight is 363 g/mol. The molecule has 0 saturated carbocycles. The number of aliphatic hydroxyl groups is 1. The van der Waals surface area contributed by atoms with Crippen LogP contribution in [0, 0.1) is 17.8 Å². The van der Waals surface area contributed by atoms with Gasteiger partial charge in [-0.25, -0.2) is 0 Å². The molecule has 1 unspecified atom stereocenters. The summed E-state index contributed by atoms with van der Waals surface area (Å²) in [5, 5.41) is 10.2. The molecule has 3 atom stereocenters. The molecule has 146 valence electrons. The molecule has 1 aliphatic heterocycles. The van der Waals surface area contributed by atoms with Crippen molar-refractivity contribution >= 4 is 11.9 Å². The number of hydrogen-bond donors (Lipinski definition) is 1. The van der Waals surface area contributed by atoms with Crippen molar-refractivity contribution in [2.45, 2.75) is 77.4 Å². The second-order valence-corrected chi connectivity index (χ2v) is 6.92. The molecule has 0 bridgehead atoms. The molecule has 1 heterocycles. The van der Waals surface area contributed by atoms with E-state index in [-0.39, 0.29) is 23.8 Å². The van der Waals surface area contributed by atoms with Crippen LogP contribution >= 0.6 is 0 Å². The first kappa shape index (κ1) is 22.2. The van der Waals surface area contributed by atoms with Crippen LogP contribution in [0.25, 0.3) is 0 Å². The standard InChI is InChI=1S/C21H33NO4/c1-4-5-10-17(2)19(23)14-12-18-13-15-20(24)22(18)16-9-7-6-8-11-21(25)26-3/h12,14,17-19,23H,6-11,13,15-16H2,1-3H3/b14-12+/t17?,18-,19+/m0/s1. The highest BCUT2D eigenvalue weighted by atomic mass is 16.5. The van der Waals surface area contributed by atoms with E-state index in [1.807, 2.05) is 24.0 Å². The number of rotatable bonds is 11. The quantitative estimate of drug-likeness (QED) is 0.265. The highest BCUT2D eigenvalue weighted by Gasteiger charge is 2.28. The molecule has 5 nitrogen and oxygen atoms in total. The fourth-order valence-corrected chi connectivity index (χ4v) is 3.07. The largest absolute Gasteiger partial charge is 0.469 e. The molecule has 1 fully saturated rings. The zero-order valence-electron chi connectivity index (χ0n) is 16.4. The number of nitrogens with zero attached hydrogens (tertiary/aromatic N) is 1. The molecular formula is C21H33NO4. The lowest BCUT2D eigenvalue weighted by Crippen LogP contribution is -2.33. The molecule has 26 heavy (non-hydrogen) atoms. The van der Waals surface area contributed by atoms with Gasteiger partial charge in [0.1, 0.15) is 0 Å². The van der Waals surface area contributed by atoms with Gasteiger partial charge in [-0.1, -0.05) is 31.9 Å². The number of amides is 1. The van der Waals surface area contributed by atoms with Crippen LogP contribution in [0.1, 0.15) is 65.2 Å². The number of carbonyl (C=O) groups is 2. The summed E-state index contributed by atoms with van der Waals surface area (Å²) >= 11 is 0. The molecule has 0 aromatic carbocycles. The van der Waals surface area contributed by atoms with E-state index in [2.05, 4.69) is 16.6 Å². The SMILES string of the molecule is CC#CCC(C)[C@H](O)/C=C/[C@H]1CCC(=O)N1CCCCCCC(=O)OC. The average Bonchev–Trinajstić information content (AvgIpc) is 2.99. The number of likely N-dealkylation sites (tertiary alicyclic amines) is 1. The minimum atomic E-state index is -0.535. The Balaban J connectivity index is 2.36. The molecule has 1 aliphatic rings. The minimum Gasteiger partial charge on any atom is -0.469 e. The van der Waals surface area contributed by atoms with E-state index in [0.717, 1.165) is 38.6 Å². The lowest BCUT2D eigenvalue weighted by Gasteiger charge is -2.23. The normalized spacial score (nSPS) is 19.3.